The second-order valence-electron chi connectivity index (χ2n) is 6.48. The first-order chi connectivity index (χ1) is 12.9. The zero-order valence-corrected chi connectivity index (χ0v) is 15.9. The summed E-state index contributed by atoms with van der Waals surface area (Å²) in [6.45, 7) is 5.89. The average Bonchev–Trinajstić information content (AvgIpc) is 3.00. The summed E-state index contributed by atoms with van der Waals surface area (Å²) >= 11 is 0. The third-order valence-electron chi connectivity index (χ3n) is 4.33. The predicted molar refractivity (Wildman–Crippen MR) is 103 cm³/mol. The number of aryl methyl sites for hydroxylation is 3. The molecule has 1 aromatic carbocycles. The van der Waals surface area contributed by atoms with Gasteiger partial charge in [0.2, 0.25) is 5.91 Å². The number of hydrogen-bond acceptors (Lipinski definition) is 5. The second-order valence-corrected chi connectivity index (χ2v) is 6.48. The lowest BCUT2D eigenvalue weighted by Gasteiger charge is -2.11. The van der Waals surface area contributed by atoms with Crippen LogP contribution in [0.5, 0.6) is 0 Å². The molecule has 2 aromatic heterocycles. The van der Waals surface area contributed by atoms with Gasteiger partial charge in [0.05, 0.1) is 24.7 Å². The van der Waals surface area contributed by atoms with Crippen molar-refractivity contribution in [3.05, 3.63) is 47.2 Å². The molecule has 140 valence electrons. The zero-order valence-electron chi connectivity index (χ0n) is 15.9. The number of benzene rings is 1. The number of nitrogens with zero attached hydrogens (tertiary/aromatic N) is 3. The number of hydrogen-bond donors (Lipinski definition) is 1. The predicted octanol–water partition coefficient (Wildman–Crippen LogP) is 3.24. The second kappa shape index (κ2) is 7.57. The Morgan fingerprint density at radius 1 is 1.11 bits per heavy atom. The minimum Gasteiger partial charge on any atom is -0.469 e. The van der Waals surface area contributed by atoms with E-state index >= 15 is 0 Å². The average molecular weight is 366 g/mol. The third kappa shape index (κ3) is 3.97. The Hall–Kier alpha value is -3.22. The summed E-state index contributed by atoms with van der Waals surface area (Å²) in [7, 11) is 1.30. The van der Waals surface area contributed by atoms with Crippen LogP contribution < -0.4 is 5.32 Å². The minimum atomic E-state index is -0.419. The van der Waals surface area contributed by atoms with Gasteiger partial charge in [0.1, 0.15) is 5.82 Å². The number of amides is 1. The molecular formula is C20H22N4O3. The van der Waals surface area contributed by atoms with Crippen molar-refractivity contribution in [3.8, 4) is 5.82 Å². The van der Waals surface area contributed by atoms with Crippen LogP contribution in [0.1, 0.15) is 29.7 Å². The van der Waals surface area contributed by atoms with E-state index in [0.717, 1.165) is 27.7 Å². The highest BCUT2D eigenvalue weighted by Crippen LogP contribution is 2.24. The highest BCUT2D eigenvalue weighted by molar-refractivity contribution is 5.92. The normalized spacial score (nSPS) is 10.8. The van der Waals surface area contributed by atoms with Crippen LogP contribution in [0, 0.1) is 20.8 Å². The van der Waals surface area contributed by atoms with Crippen molar-refractivity contribution in [3.63, 3.8) is 0 Å². The number of carbonyl (C=O) groups is 2. The summed E-state index contributed by atoms with van der Waals surface area (Å²) in [6.07, 6.45) is 0.0716. The maximum atomic E-state index is 12.2. The molecule has 0 atom stereocenters. The van der Waals surface area contributed by atoms with Crippen molar-refractivity contribution in [1.82, 2.24) is 14.8 Å². The van der Waals surface area contributed by atoms with Gasteiger partial charge in [0.15, 0.2) is 5.82 Å². The highest BCUT2D eigenvalue weighted by Gasteiger charge is 2.15. The summed E-state index contributed by atoms with van der Waals surface area (Å²) in [5.74, 6) is 0.445. The molecule has 0 radical (unpaired) electrons. The van der Waals surface area contributed by atoms with E-state index in [4.69, 9.17) is 4.98 Å². The van der Waals surface area contributed by atoms with E-state index in [1.54, 1.807) is 10.7 Å². The summed E-state index contributed by atoms with van der Waals surface area (Å²) in [5.41, 5.74) is 3.81. The molecule has 1 amide bonds. The van der Waals surface area contributed by atoms with Crippen LogP contribution in [0.4, 0.5) is 5.82 Å². The van der Waals surface area contributed by atoms with Gasteiger partial charge in [-0.2, -0.15) is 9.78 Å². The fraction of sp³-hybridized carbons (Fsp3) is 0.300. The van der Waals surface area contributed by atoms with E-state index in [9.17, 15) is 9.59 Å². The maximum absolute atomic E-state index is 12.2. The molecule has 0 aliphatic heterocycles. The Balaban J connectivity index is 1.94. The molecule has 27 heavy (non-hydrogen) atoms. The zero-order chi connectivity index (χ0) is 19.6. The van der Waals surface area contributed by atoms with E-state index in [-0.39, 0.29) is 18.7 Å². The lowest BCUT2D eigenvalue weighted by Crippen LogP contribution is -2.17. The van der Waals surface area contributed by atoms with Crippen LogP contribution in [0.15, 0.2) is 30.3 Å². The van der Waals surface area contributed by atoms with Crippen LogP contribution in [0.25, 0.3) is 16.7 Å². The molecule has 3 aromatic rings. The molecule has 0 saturated carbocycles. The number of fused-ring (bicyclic) bond motifs is 1. The molecule has 0 bridgehead atoms. The van der Waals surface area contributed by atoms with Crippen molar-refractivity contribution in [2.45, 2.75) is 33.6 Å². The first-order valence-electron chi connectivity index (χ1n) is 8.69. The Kier molecular flexibility index (Phi) is 5.21. The third-order valence-corrected chi connectivity index (χ3v) is 4.33. The van der Waals surface area contributed by atoms with E-state index < -0.39 is 5.97 Å². The number of esters is 1. The Labute approximate surface area is 157 Å². The van der Waals surface area contributed by atoms with E-state index in [1.807, 2.05) is 45.0 Å². The topological polar surface area (TPSA) is 86.1 Å². The van der Waals surface area contributed by atoms with Gasteiger partial charge in [-0.1, -0.05) is 18.2 Å². The molecule has 0 spiro atoms. The minimum absolute atomic E-state index is 0.0297. The summed E-state index contributed by atoms with van der Waals surface area (Å²) in [4.78, 5) is 28.2. The van der Waals surface area contributed by atoms with Crippen molar-refractivity contribution in [1.29, 1.82) is 0 Å². The number of carbonyl (C=O) groups excluding carboxylic acids is 2. The molecule has 0 aliphatic rings. The van der Waals surface area contributed by atoms with Crippen LogP contribution in [-0.4, -0.2) is 33.8 Å². The number of para-hydroxylation sites is 1. The first kappa shape index (κ1) is 18.6. The Morgan fingerprint density at radius 3 is 2.63 bits per heavy atom. The van der Waals surface area contributed by atoms with Crippen LogP contribution in [0.2, 0.25) is 0 Å². The van der Waals surface area contributed by atoms with E-state index in [0.29, 0.717) is 11.6 Å². The van der Waals surface area contributed by atoms with E-state index in [1.165, 1.54) is 7.11 Å². The van der Waals surface area contributed by atoms with Gasteiger partial charge in [-0.05, 0) is 38.0 Å². The molecule has 0 saturated heterocycles. The summed E-state index contributed by atoms with van der Waals surface area (Å²) in [5, 5.41) is 8.37. The molecule has 0 fully saturated rings. The molecule has 2 heterocycles. The summed E-state index contributed by atoms with van der Waals surface area (Å²) in [6, 6.07) is 9.78. The fourth-order valence-electron chi connectivity index (χ4n) is 2.94. The fourth-order valence-corrected chi connectivity index (χ4v) is 2.94. The molecule has 7 nitrogen and oxygen atoms in total. The summed E-state index contributed by atoms with van der Waals surface area (Å²) < 4.78 is 6.18. The number of ether oxygens (including phenoxy) is 1. The Bertz CT molecular complexity index is 1020. The standard InChI is InChI=1S/C20H22N4O3/c1-12-6-5-7-15-13(2)10-16(22-20(12)15)24-17(11-14(3)23-24)21-18(25)8-9-19(26)27-4/h5-7,10-11H,8-9H2,1-4H3,(H,21,25). The van der Waals surface area contributed by atoms with Crippen LogP contribution >= 0.6 is 0 Å². The number of anilines is 1. The van der Waals surface area contributed by atoms with Crippen molar-refractivity contribution >= 4 is 28.6 Å². The van der Waals surface area contributed by atoms with Crippen molar-refractivity contribution in [2.24, 2.45) is 0 Å². The van der Waals surface area contributed by atoms with Gasteiger partial charge < -0.3 is 10.1 Å². The quantitative estimate of drug-likeness (QED) is 0.701. The molecule has 0 aliphatic carbocycles. The molecule has 0 unspecified atom stereocenters. The smallest absolute Gasteiger partial charge is 0.306 e. The Morgan fingerprint density at radius 2 is 1.89 bits per heavy atom. The molecule has 3 rings (SSSR count). The molecular weight excluding hydrogens is 344 g/mol. The first-order valence-corrected chi connectivity index (χ1v) is 8.69. The number of aromatic nitrogens is 3. The van der Waals surface area contributed by atoms with Crippen molar-refractivity contribution < 1.29 is 14.3 Å². The number of rotatable bonds is 5. The number of pyridine rings is 1. The number of methoxy groups -OCH3 is 1. The molecule has 7 heteroatoms. The van der Waals surface area contributed by atoms with Gasteiger partial charge in [-0.25, -0.2) is 4.98 Å². The van der Waals surface area contributed by atoms with Gasteiger partial charge in [-0.3, -0.25) is 9.59 Å². The monoisotopic (exact) mass is 366 g/mol. The SMILES string of the molecule is COC(=O)CCC(=O)Nc1cc(C)nn1-c1cc(C)c2cccc(C)c2n1. The largest absolute Gasteiger partial charge is 0.469 e. The van der Waals surface area contributed by atoms with Gasteiger partial charge in [-0.15, -0.1) is 0 Å². The lowest BCUT2D eigenvalue weighted by molar-refractivity contribution is -0.141. The van der Waals surface area contributed by atoms with Crippen LogP contribution in [0.3, 0.4) is 0 Å². The van der Waals surface area contributed by atoms with Gasteiger partial charge in [0.25, 0.3) is 0 Å². The number of nitrogens with one attached hydrogen (secondary N) is 1. The highest BCUT2D eigenvalue weighted by atomic mass is 16.5. The molecule has 1 N–H and O–H groups in total. The lowest BCUT2D eigenvalue weighted by atomic mass is 10.1. The van der Waals surface area contributed by atoms with Crippen LogP contribution in [-0.2, 0) is 14.3 Å². The van der Waals surface area contributed by atoms with E-state index in [2.05, 4.69) is 15.2 Å². The van der Waals surface area contributed by atoms with Crippen molar-refractivity contribution in [2.75, 3.05) is 12.4 Å². The van der Waals surface area contributed by atoms with Gasteiger partial charge in [0, 0.05) is 17.9 Å². The maximum Gasteiger partial charge on any atom is 0.306 e. The van der Waals surface area contributed by atoms with Gasteiger partial charge >= 0.3 is 5.97 Å².